The lowest BCUT2D eigenvalue weighted by atomic mass is 10.2. The Kier molecular flexibility index (Phi) is 5.78. The summed E-state index contributed by atoms with van der Waals surface area (Å²) in [6.45, 7) is 4.03. The molecule has 0 fully saturated rings. The highest BCUT2D eigenvalue weighted by atomic mass is 15.2. The number of anilines is 1. The molecule has 0 amide bonds. The summed E-state index contributed by atoms with van der Waals surface area (Å²) in [6.07, 6.45) is 3.74. The van der Waals surface area contributed by atoms with Crippen LogP contribution in [0.4, 0.5) is 5.82 Å². The van der Waals surface area contributed by atoms with E-state index in [-0.39, 0.29) is 0 Å². The number of unbranched alkanes of at least 4 members (excludes halogenated alkanes) is 2. The first-order valence-corrected chi connectivity index (χ1v) is 5.96. The quantitative estimate of drug-likeness (QED) is 0.715. The summed E-state index contributed by atoms with van der Waals surface area (Å²) in [6, 6.07) is 4.06. The van der Waals surface area contributed by atoms with Crippen LogP contribution in [-0.4, -0.2) is 30.8 Å². The minimum atomic E-state index is 0.771. The van der Waals surface area contributed by atoms with Gasteiger partial charge in [-0.1, -0.05) is 19.8 Å². The molecule has 4 nitrogen and oxygen atoms in total. The molecule has 0 atom stereocenters. The lowest BCUT2D eigenvalue weighted by molar-refractivity contribution is 0.694. The molecule has 0 saturated heterocycles. The van der Waals surface area contributed by atoms with Gasteiger partial charge in [-0.05, 0) is 25.6 Å². The van der Waals surface area contributed by atoms with Crippen LogP contribution < -0.4 is 10.2 Å². The number of aromatic nitrogens is 2. The van der Waals surface area contributed by atoms with Crippen LogP contribution >= 0.6 is 0 Å². The van der Waals surface area contributed by atoms with Gasteiger partial charge in [-0.2, -0.15) is 5.10 Å². The first-order chi connectivity index (χ1) is 7.77. The van der Waals surface area contributed by atoms with Gasteiger partial charge in [-0.25, -0.2) is 0 Å². The zero-order chi connectivity index (χ0) is 11.8. The van der Waals surface area contributed by atoms with Gasteiger partial charge in [0.15, 0.2) is 5.82 Å². The number of hydrogen-bond donors (Lipinski definition) is 1. The molecule has 1 heterocycles. The van der Waals surface area contributed by atoms with E-state index in [1.54, 1.807) is 0 Å². The van der Waals surface area contributed by atoms with Crippen LogP contribution in [0, 0.1) is 0 Å². The van der Waals surface area contributed by atoms with Crippen molar-refractivity contribution in [1.82, 2.24) is 15.5 Å². The first kappa shape index (κ1) is 12.9. The zero-order valence-corrected chi connectivity index (χ0v) is 10.5. The summed E-state index contributed by atoms with van der Waals surface area (Å²) < 4.78 is 0. The Morgan fingerprint density at radius 3 is 2.62 bits per heavy atom. The molecule has 0 bridgehead atoms. The molecule has 0 unspecified atom stereocenters. The Balaban J connectivity index is 2.46. The SMILES string of the molecule is CCCCCN(C)c1ccc(CNC)nn1. The van der Waals surface area contributed by atoms with Crippen LogP contribution in [0.5, 0.6) is 0 Å². The van der Waals surface area contributed by atoms with Gasteiger partial charge in [0.2, 0.25) is 0 Å². The third kappa shape index (κ3) is 4.14. The standard InChI is InChI=1S/C12H22N4/c1-4-5-6-9-16(3)12-8-7-11(10-13-2)14-15-12/h7-8,13H,4-6,9-10H2,1-3H3. The smallest absolute Gasteiger partial charge is 0.150 e. The van der Waals surface area contributed by atoms with Crippen molar-refractivity contribution in [2.24, 2.45) is 0 Å². The number of nitrogens with zero attached hydrogens (tertiary/aromatic N) is 3. The fourth-order valence-corrected chi connectivity index (χ4v) is 1.55. The molecule has 4 heteroatoms. The van der Waals surface area contributed by atoms with Gasteiger partial charge in [0, 0.05) is 20.1 Å². The molecule has 90 valence electrons. The minimum absolute atomic E-state index is 0.771. The molecule has 0 aliphatic rings. The van der Waals surface area contributed by atoms with Crippen LogP contribution in [0.3, 0.4) is 0 Å². The van der Waals surface area contributed by atoms with Gasteiger partial charge in [0.25, 0.3) is 0 Å². The van der Waals surface area contributed by atoms with Crippen molar-refractivity contribution in [3.05, 3.63) is 17.8 Å². The molecule has 1 aromatic rings. The van der Waals surface area contributed by atoms with Crippen LogP contribution in [0.15, 0.2) is 12.1 Å². The molecule has 0 radical (unpaired) electrons. The van der Waals surface area contributed by atoms with E-state index in [2.05, 4.69) is 34.4 Å². The molecular formula is C12H22N4. The highest BCUT2D eigenvalue weighted by Crippen LogP contribution is 2.08. The summed E-state index contributed by atoms with van der Waals surface area (Å²) in [5.41, 5.74) is 0.980. The van der Waals surface area contributed by atoms with E-state index in [9.17, 15) is 0 Å². The Morgan fingerprint density at radius 1 is 1.25 bits per heavy atom. The minimum Gasteiger partial charge on any atom is -0.358 e. The van der Waals surface area contributed by atoms with E-state index < -0.39 is 0 Å². The van der Waals surface area contributed by atoms with E-state index in [1.807, 2.05) is 19.2 Å². The molecule has 0 aliphatic heterocycles. The van der Waals surface area contributed by atoms with Crippen molar-refractivity contribution in [3.8, 4) is 0 Å². The summed E-state index contributed by atoms with van der Waals surface area (Å²) >= 11 is 0. The molecular weight excluding hydrogens is 200 g/mol. The van der Waals surface area contributed by atoms with Crippen molar-refractivity contribution in [1.29, 1.82) is 0 Å². The van der Waals surface area contributed by atoms with Crippen LogP contribution in [-0.2, 0) is 6.54 Å². The second-order valence-corrected chi connectivity index (χ2v) is 4.04. The second-order valence-electron chi connectivity index (χ2n) is 4.04. The molecule has 0 saturated carbocycles. The normalized spacial score (nSPS) is 10.4. The van der Waals surface area contributed by atoms with Crippen LogP contribution in [0.1, 0.15) is 31.9 Å². The Labute approximate surface area is 98.1 Å². The van der Waals surface area contributed by atoms with Gasteiger partial charge < -0.3 is 10.2 Å². The van der Waals surface area contributed by atoms with Gasteiger partial charge in [0.05, 0.1) is 5.69 Å². The predicted octanol–water partition coefficient (Wildman–Crippen LogP) is 1.82. The van der Waals surface area contributed by atoms with Crippen molar-refractivity contribution in [2.45, 2.75) is 32.7 Å². The van der Waals surface area contributed by atoms with E-state index in [0.717, 1.165) is 24.6 Å². The fraction of sp³-hybridized carbons (Fsp3) is 0.667. The average molecular weight is 222 g/mol. The summed E-state index contributed by atoms with van der Waals surface area (Å²) in [5, 5.41) is 11.4. The highest BCUT2D eigenvalue weighted by molar-refractivity contribution is 5.35. The molecule has 1 aromatic heterocycles. The third-order valence-electron chi connectivity index (χ3n) is 2.55. The van der Waals surface area contributed by atoms with Crippen molar-refractivity contribution < 1.29 is 0 Å². The van der Waals surface area contributed by atoms with Crippen molar-refractivity contribution in [3.63, 3.8) is 0 Å². The van der Waals surface area contributed by atoms with Gasteiger partial charge in [0.1, 0.15) is 0 Å². The lowest BCUT2D eigenvalue weighted by Gasteiger charge is -2.17. The summed E-state index contributed by atoms with van der Waals surface area (Å²) in [4.78, 5) is 2.16. The highest BCUT2D eigenvalue weighted by Gasteiger charge is 2.02. The molecule has 0 aliphatic carbocycles. The second kappa shape index (κ2) is 7.17. The number of hydrogen-bond acceptors (Lipinski definition) is 4. The monoisotopic (exact) mass is 222 g/mol. The maximum Gasteiger partial charge on any atom is 0.150 e. The van der Waals surface area contributed by atoms with Crippen LogP contribution in [0.2, 0.25) is 0 Å². The average Bonchev–Trinajstić information content (AvgIpc) is 2.30. The Morgan fingerprint density at radius 2 is 2.06 bits per heavy atom. The lowest BCUT2D eigenvalue weighted by Crippen LogP contribution is -2.20. The first-order valence-electron chi connectivity index (χ1n) is 5.96. The third-order valence-corrected chi connectivity index (χ3v) is 2.55. The van der Waals surface area contributed by atoms with E-state index in [0.29, 0.717) is 0 Å². The largest absolute Gasteiger partial charge is 0.358 e. The predicted molar refractivity (Wildman–Crippen MR) is 67.6 cm³/mol. The van der Waals surface area contributed by atoms with E-state index in [4.69, 9.17) is 0 Å². The molecule has 0 aromatic carbocycles. The Bertz CT molecular complexity index is 284. The number of rotatable bonds is 7. The van der Waals surface area contributed by atoms with Gasteiger partial charge in [-0.3, -0.25) is 0 Å². The van der Waals surface area contributed by atoms with Gasteiger partial charge >= 0.3 is 0 Å². The summed E-state index contributed by atoms with van der Waals surface area (Å²) in [7, 11) is 3.98. The molecule has 0 spiro atoms. The molecule has 16 heavy (non-hydrogen) atoms. The topological polar surface area (TPSA) is 41.0 Å². The van der Waals surface area contributed by atoms with Gasteiger partial charge in [-0.15, -0.1) is 5.10 Å². The molecule has 1 rings (SSSR count). The molecule has 1 N–H and O–H groups in total. The zero-order valence-electron chi connectivity index (χ0n) is 10.5. The van der Waals surface area contributed by atoms with Crippen molar-refractivity contribution >= 4 is 5.82 Å². The number of nitrogens with one attached hydrogen (secondary N) is 1. The van der Waals surface area contributed by atoms with E-state index >= 15 is 0 Å². The van der Waals surface area contributed by atoms with Crippen LogP contribution in [0.25, 0.3) is 0 Å². The maximum atomic E-state index is 4.21. The maximum absolute atomic E-state index is 4.21. The summed E-state index contributed by atoms with van der Waals surface area (Å²) in [5.74, 6) is 0.955. The Hall–Kier alpha value is -1.16. The fourth-order valence-electron chi connectivity index (χ4n) is 1.55. The van der Waals surface area contributed by atoms with E-state index in [1.165, 1.54) is 19.3 Å². The van der Waals surface area contributed by atoms with Crippen molar-refractivity contribution in [2.75, 3.05) is 25.5 Å².